The van der Waals surface area contributed by atoms with Crippen molar-refractivity contribution in [3.8, 4) is 12.1 Å². The van der Waals surface area contributed by atoms with Crippen LogP contribution in [-0.2, 0) is 16.6 Å². The molecule has 0 aliphatic heterocycles. The van der Waals surface area contributed by atoms with Crippen LogP contribution in [0.2, 0.25) is 0 Å². The number of sulfonamides is 1. The Labute approximate surface area is 139 Å². The normalized spacial score (nSPS) is 10.2. The number of nitriles is 2. The molecule has 0 radical (unpaired) electrons. The molecule has 2 aromatic rings. The average Bonchev–Trinajstić information content (AvgIpc) is 2.62. The highest BCUT2D eigenvalue weighted by molar-refractivity contribution is 7.89. The number of hydrazone groups is 1. The minimum Gasteiger partial charge on any atom is -0.277 e. The standard InChI is InChI=1S/C15H12N6O2S/c16-9-14(10-17)21-20-12-4-6-15(7-5-12)24(22,23)19-11-13-3-1-2-8-18-13/h1-8,19-20H,11H2. The zero-order chi connectivity index (χ0) is 17.4. The maximum Gasteiger partial charge on any atom is 0.240 e. The van der Waals surface area contributed by atoms with Crippen LogP contribution in [-0.4, -0.2) is 19.1 Å². The molecule has 2 N–H and O–H groups in total. The molecule has 0 aliphatic rings. The van der Waals surface area contributed by atoms with Crippen molar-refractivity contribution >= 4 is 21.4 Å². The summed E-state index contributed by atoms with van der Waals surface area (Å²) in [5.74, 6) is 0. The summed E-state index contributed by atoms with van der Waals surface area (Å²) >= 11 is 0. The second-order valence-corrected chi connectivity index (χ2v) is 6.23. The van der Waals surface area contributed by atoms with E-state index in [1.165, 1.54) is 24.3 Å². The first kappa shape index (κ1) is 17.1. The molecule has 0 bridgehead atoms. The minimum absolute atomic E-state index is 0.0775. The van der Waals surface area contributed by atoms with E-state index < -0.39 is 10.0 Å². The van der Waals surface area contributed by atoms with Crippen LogP contribution >= 0.6 is 0 Å². The molecule has 120 valence electrons. The van der Waals surface area contributed by atoms with E-state index in [1.54, 1.807) is 36.5 Å². The fourth-order valence-electron chi connectivity index (χ4n) is 1.66. The molecule has 0 amide bonds. The molecule has 2 rings (SSSR count). The maximum atomic E-state index is 12.2. The lowest BCUT2D eigenvalue weighted by molar-refractivity contribution is 0.580. The zero-order valence-electron chi connectivity index (χ0n) is 12.3. The lowest BCUT2D eigenvalue weighted by atomic mass is 10.3. The van der Waals surface area contributed by atoms with Gasteiger partial charge < -0.3 is 0 Å². The van der Waals surface area contributed by atoms with Crippen molar-refractivity contribution in [1.29, 1.82) is 10.5 Å². The summed E-state index contributed by atoms with van der Waals surface area (Å²) in [7, 11) is -3.67. The highest BCUT2D eigenvalue weighted by atomic mass is 32.2. The van der Waals surface area contributed by atoms with Gasteiger partial charge in [0.1, 0.15) is 12.1 Å². The highest BCUT2D eigenvalue weighted by Crippen LogP contribution is 2.14. The van der Waals surface area contributed by atoms with Gasteiger partial charge in [-0.15, -0.1) is 0 Å². The Hall–Kier alpha value is -3.27. The van der Waals surface area contributed by atoms with Crippen molar-refractivity contribution in [3.05, 3.63) is 54.4 Å². The molecule has 24 heavy (non-hydrogen) atoms. The van der Waals surface area contributed by atoms with E-state index >= 15 is 0 Å². The molecule has 0 unspecified atom stereocenters. The first-order valence-electron chi connectivity index (χ1n) is 6.68. The number of hydrogen-bond donors (Lipinski definition) is 2. The number of hydrogen-bond acceptors (Lipinski definition) is 7. The molecule has 0 spiro atoms. The van der Waals surface area contributed by atoms with Crippen molar-refractivity contribution in [1.82, 2.24) is 9.71 Å². The SMILES string of the molecule is N#CC(C#N)=NNc1ccc(S(=O)(=O)NCc2ccccn2)cc1. The van der Waals surface area contributed by atoms with Crippen LogP contribution in [0.25, 0.3) is 0 Å². The summed E-state index contributed by atoms with van der Waals surface area (Å²) in [6.07, 6.45) is 1.58. The van der Waals surface area contributed by atoms with Crippen LogP contribution in [0.4, 0.5) is 5.69 Å². The van der Waals surface area contributed by atoms with Gasteiger partial charge in [-0.1, -0.05) is 6.07 Å². The van der Waals surface area contributed by atoms with Crippen molar-refractivity contribution in [3.63, 3.8) is 0 Å². The van der Waals surface area contributed by atoms with Gasteiger partial charge in [0.25, 0.3) is 0 Å². The van der Waals surface area contributed by atoms with E-state index in [9.17, 15) is 8.42 Å². The predicted octanol–water partition coefficient (Wildman–Crippen LogP) is 1.38. The van der Waals surface area contributed by atoms with E-state index in [0.717, 1.165) is 0 Å². The zero-order valence-corrected chi connectivity index (χ0v) is 13.2. The highest BCUT2D eigenvalue weighted by Gasteiger charge is 2.13. The fourth-order valence-corrected chi connectivity index (χ4v) is 2.66. The quantitative estimate of drug-likeness (QED) is 0.603. The third-order valence-electron chi connectivity index (χ3n) is 2.84. The van der Waals surface area contributed by atoms with Crippen molar-refractivity contribution < 1.29 is 8.42 Å². The summed E-state index contributed by atoms with van der Waals surface area (Å²) < 4.78 is 26.9. The molecule has 0 saturated heterocycles. The van der Waals surface area contributed by atoms with E-state index in [0.29, 0.717) is 11.4 Å². The molecule has 1 heterocycles. The second-order valence-electron chi connectivity index (χ2n) is 4.47. The van der Waals surface area contributed by atoms with Crippen LogP contribution in [0.5, 0.6) is 0 Å². The lowest BCUT2D eigenvalue weighted by Gasteiger charge is -2.07. The van der Waals surface area contributed by atoms with E-state index in [1.807, 2.05) is 0 Å². The van der Waals surface area contributed by atoms with E-state index in [4.69, 9.17) is 10.5 Å². The Bertz CT molecular complexity index is 893. The number of benzene rings is 1. The van der Waals surface area contributed by atoms with Gasteiger partial charge in [0.2, 0.25) is 15.7 Å². The van der Waals surface area contributed by atoms with Gasteiger partial charge in [-0.05, 0) is 36.4 Å². The lowest BCUT2D eigenvalue weighted by Crippen LogP contribution is -2.23. The van der Waals surface area contributed by atoms with Gasteiger partial charge in [-0.2, -0.15) is 15.6 Å². The number of anilines is 1. The number of aromatic nitrogens is 1. The summed E-state index contributed by atoms with van der Waals surface area (Å²) in [5, 5.41) is 20.7. The Balaban J connectivity index is 2.05. The third kappa shape index (κ3) is 4.61. The predicted molar refractivity (Wildman–Crippen MR) is 87.0 cm³/mol. The first-order chi connectivity index (χ1) is 11.5. The number of rotatable bonds is 6. The number of nitrogens with one attached hydrogen (secondary N) is 2. The van der Waals surface area contributed by atoms with Gasteiger partial charge in [0.05, 0.1) is 22.8 Å². The molecule has 0 fully saturated rings. The van der Waals surface area contributed by atoms with Gasteiger partial charge in [0, 0.05) is 6.20 Å². The Morgan fingerprint density at radius 1 is 1.12 bits per heavy atom. The maximum absolute atomic E-state index is 12.2. The largest absolute Gasteiger partial charge is 0.277 e. The number of nitrogens with zero attached hydrogens (tertiary/aromatic N) is 4. The molecule has 0 aliphatic carbocycles. The van der Waals surface area contributed by atoms with Crippen LogP contribution < -0.4 is 10.1 Å². The molecule has 9 heteroatoms. The molecule has 0 saturated carbocycles. The van der Waals surface area contributed by atoms with Gasteiger partial charge in [0.15, 0.2) is 0 Å². The number of pyridine rings is 1. The Morgan fingerprint density at radius 3 is 2.42 bits per heavy atom. The van der Waals surface area contributed by atoms with E-state index in [2.05, 4.69) is 20.2 Å². The summed E-state index contributed by atoms with van der Waals surface area (Å²) in [5.41, 5.74) is 3.22. The third-order valence-corrected chi connectivity index (χ3v) is 4.26. The van der Waals surface area contributed by atoms with Crippen molar-refractivity contribution in [2.45, 2.75) is 11.4 Å². The summed E-state index contributed by atoms with van der Waals surface area (Å²) in [6, 6.07) is 14.2. The van der Waals surface area contributed by atoms with Crippen LogP contribution in [0, 0.1) is 22.7 Å². The first-order valence-corrected chi connectivity index (χ1v) is 8.17. The second kappa shape index (κ2) is 7.83. The van der Waals surface area contributed by atoms with Crippen molar-refractivity contribution in [2.75, 3.05) is 5.43 Å². The van der Waals surface area contributed by atoms with Crippen LogP contribution in [0.3, 0.4) is 0 Å². The molecule has 0 atom stereocenters. The minimum atomic E-state index is -3.67. The smallest absolute Gasteiger partial charge is 0.240 e. The van der Waals surface area contributed by atoms with Crippen molar-refractivity contribution in [2.24, 2.45) is 5.10 Å². The Kier molecular flexibility index (Phi) is 5.58. The molecule has 1 aromatic heterocycles. The van der Waals surface area contributed by atoms with Gasteiger partial charge in [-0.3, -0.25) is 10.4 Å². The van der Waals surface area contributed by atoms with Gasteiger partial charge in [-0.25, -0.2) is 13.1 Å². The monoisotopic (exact) mass is 340 g/mol. The van der Waals surface area contributed by atoms with Crippen LogP contribution in [0.1, 0.15) is 5.69 Å². The van der Waals surface area contributed by atoms with E-state index in [-0.39, 0.29) is 17.2 Å². The summed E-state index contributed by atoms with van der Waals surface area (Å²) in [4.78, 5) is 4.12. The van der Waals surface area contributed by atoms with Gasteiger partial charge >= 0.3 is 0 Å². The molecule has 1 aromatic carbocycles. The average molecular weight is 340 g/mol. The molecule has 8 nitrogen and oxygen atoms in total. The molecular weight excluding hydrogens is 328 g/mol. The Morgan fingerprint density at radius 2 is 1.83 bits per heavy atom. The summed E-state index contributed by atoms with van der Waals surface area (Å²) in [6.45, 7) is 0.0845. The fraction of sp³-hybridized carbons (Fsp3) is 0.0667. The molecular formula is C15H12N6O2S. The topological polar surface area (TPSA) is 131 Å². The van der Waals surface area contributed by atoms with Crippen LogP contribution in [0.15, 0.2) is 58.7 Å².